The molecule has 0 N–H and O–H groups in total. The van der Waals surface area contributed by atoms with E-state index in [4.69, 9.17) is 9.47 Å². The summed E-state index contributed by atoms with van der Waals surface area (Å²) in [6.07, 6.45) is 2.31. The van der Waals surface area contributed by atoms with Gasteiger partial charge in [0.15, 0.2) is 0 Å². The Hall–Kier alpha value is -0.0800. The minimum atomic E-state index is 0.222. The van der Waals surface area contributed by atoms with E-state index in [1.165, 1.54) is 6.42 Å². The molecule has 0 radical (unpaired) electrons. The summed E-state index contributed by atoms with van der Waals surface area (Å²) >= 11 is 0. The summed E-state index contributed by atoms with van der Waals surface area (Å²) in [4.78, 5) is 0. The molecule has 0 bridgehead atoms. The first-order valence-electron chi connectivity index (χ1n) is 6.25. The highest BCUT2D eigenvalue weighted by atomic mass is 16.5. The molecule has 0 amide bonds. The van der Waals surface area contributed by atoms with Crippen molar-refractivity contribution < 1.29 is 9.47 Å². The zero-order valence-corrected chi connectivity index (χ0v) is 11.1. The molecule has 0 aliphatic rings. The molecular formula is C13H28O2. The van der Waals surface area contributed by atoms with Crippen LogP contribution in [0.5, 0.6) is 0 Å². The van der Waals surface area contributed by atoms with Gasteiger partial charge in [0.25, 0.3) is 0 Å². The second kappa shape index (κ2) is 8.12. The lowest BCUT2D eigenvalue weighted by molar-refractivity contribution is -0.0301. The molecule has 0 aliphatic carbocycles. The van der Waals surface area contributed by atoms with Gasteiger partial charge in [-0.05, 0) is 32.6 Å². The lowest BCUT2D eigenvalue weighted by Crippen LogP contribution is -2.33. The van der Waals surface area contributed by atoms with Gasteiger partial charge in [-0.3, -0.25) is 0 Å². The Morgan fingerprint density at radius 2 is 1.40 bits per heavy atom. The van der Waals surface area contributed by atoms with Crippen molar-refractivity contribution in [3.63, 3.8) is 0 Å². The third-order valence-electron chi connectivity index (χ3n) is 2.82. The fraction of sp³-hybridized carbons (Fsp3) is 1.00. The SMILES string of the molecule is CCOCC(CC)(COCC)CC(C)C. The largest absolute Gasteiger partial charge is 0.381 e. The number of rotatable bonds is 9. The second-order valence-corrected chi connectivity index (χ2v) is 4.73. The molecule has 2 heteroatoms. The van der Waals surface area contributed by atoms with E-state index in [-0.39, 0.29) is 5.41 Å². The molecule has 0 saturated carbocycles. The zero-order valence-electron chi connectivity index (χ0n) is 11.1. The summed E-state index contributed by atoms with van der Waals surface area (Å²) in [5.41, 5.74) is 0.222. The van der Waals surface area contributed by atoms with E-state index in [1.807, 2.05) is 0 Å². The van der Waals surface area contributed by atoms with Crippen molar-refractivity contribution in [3.05, 3.63) is 0 Å². The monoisotopic (exact) mass is 216 g/mol. The standard InChI is InChI=1S/C13H28O2/c1-6-13(9-12(4)5,10-14-7-2)11-15-8-3/h12H,6-11H2,1-5H3. The van der Waals surface area contributed by atoms with E-state index in [0.29, 0.717) is 5.92 Å². The van der Waals surface area contributed by atoms with Crippen molar-refractivity contribution in [1.82, 2.24) is 0 Å². The van der Waals surface area contributed by atoms with E-state index >= 15 is 0 Å². The van der Waals surface area contributed by atoms with Crippen molar-refractivity contribution in [2.24, 2.45) is 11.3 Å². The number of ether oxygens (including phenoxy) is 2. The summed E-state index contributed by atoms with van der Waals surface area (Å²) in [7, 11) is 0. The molecule has 92 valence electrons. The molecule has 0 unspecified atom stereocenters. The normalized spacial score (nSPS) is 12.4. The summed E-state index contributed by atoms with van der Waals surface area (Å²) in [6, 6.07) is 0. The summed E-state index contributed by atoms with van der Waals surface area (Å²) in [5, 5.41) is 0. The lowest BCUT2D eigenvalue weighted by Gasteiger charge is -2.33. The lowest BCUT2D eigenvalue weighted by atomic mass is 9.79. The Balaban J connectivity index is 4.30. The molecule has 0 aromatic heterocycles. The molecule has 0 rings (SSSR count). The third-order valence-corrected chi connectivity index (χ3v) is 2.82. The van der Waals surface area contributed by atoms with Gasteiger partial charge in [0.05, 0.1) is 13.2 Å². The predicted octanol–water partition coefficient (Wildman–Crippen LogP) is 3.50. The predicted molar refractivity (Wildman–Crippen MR) is 65.2 cm³/mol. The van der Waals surface area contributed by atoms with E-state index < -0.39 is 0 Å². The summed E-state index contributed by atoms with van der Waals surface area (Å²) < 4.78 is 11.2. The van der Waals surface area contributed by atoms with Crippen LogP contribution in [0, 0.1) is 11.3 Å². The molecular weight excluding hydrogens is 188 g/mol. The van der Waals surface area contributed by atoms with Crippen LogP contribution in [-0.4, -0.2) is 26.4 Å². The van der Waals surface area contributed by atoms with Gasteiger partial charge < -0.3 is 9.47 Å². The second-order valence-electron chi connectivity index (χ2n) is 4.73. The van der Waals surface area contributed by atoms with Crippen LogP contribution in [0.15, 0.2) is 0 Å². The van der Waals surface area contributed by atoms with Crippen LogP contribution in [0.3, 0.4) is 0 Å². The van der Waals surface area contributed by atoms with E-state index in [1.54, 1.807) is 0 Å². The van der Waals surface area contributed by atoms with Crippen LogP contribution in [0.2, 0.25) is 0 Å². The molecule has 0 aromatic rings. The molecule has 0 heterocycles. The average molecular weight is 216 g/mol. The molecule has 0 saturated heterocycles. The highest BCUT2D eigenvalue weighted by Crippen LogP contribution is 2.31. The minimum Gasteiger partial charge on any atom is -0.381 e. The van der Waals surface area contributed by atoms with Crippen LogP contribution in [-0.2, 0) is 9.47 Å². The van der Waals surface area contributed by atoms with Crippen molar-refractivity contribution in [2.45, 2.75) is 47.5 Å². The van der Waals surface area contributed by atoms with Gasteiger partial charge >= 0.3 is 0 Å². The minimum absolute atomic E-state index is 0.222. The number of hydrogen-bond acceptors (Lipinski definition) is 2. The Bertz CT molecular complexity index is 135. The highest BCUT2D eigenvalue weighted by Gasteiger charge is 2.29. The zero-order chi connectivity index (χ0) is 11.7. The quantitative estimate of drug-likeness (QED) is 0.587. The van der Waals surface area contributed by atoms with Gasteiger partial charge in [0.2, 0.25) is 0 Å². The third kappa shape index (κ3) is 6.16. The van der Waals surface area contributed by atoms with E-state index in [0.717, 1.165) is 32.8 Å². The molecule has 0 atom stereocenters. The number of hydrogen-bond donors (Lipinski definition) is 0. The van der Waals surface area contributed by atoms with Crippen molar-refractivity contribution >= 4 is 0 Å². The summed E-state index contributed by atoms with van der Waals surface area (Å²) in [6.45, 7) is 14.1. The molecule has 0 spiro atoms. The Labute approximate surface area is 95.3 Å². The Morgan fingerprint density at radius 3 is 1.67 bits per heavy atom. The molecule has 0 aromatic carbocycles. The van der Waals surface area contributed by atoms with Crippen molar-refractivity contribution in [3.8, 4) is 0 Å². The smallest absolute Gasteiger partial charge is 0.0544 e. The van der Waals surface area contributed by atoms with Gasteiger partial charge in [0, 0.05) is 18.6 Å². The van der Waals surface area contributed by atoms with Gasteiger partial charge in [-0.15, -0.1) is 0 Å². The molecule has 0 fully saturated rings. The van der Waals surface area contributed by atoms with Gasteiger partial charge in [-0.1, -0.05) is 20.8 Å². The van der Waals surface area contributed by atoms with Gasteiger partial charge in [-0.2, -0.15) is 0 Å². The summed E-state index contributed by atoms with van der Waals surface area (Å²) in [5.74, 6) is 0.700. The first-order chi connectivity index (χ1) is 7.10. The maximum Gasteiger partial charge on any atom is 0.0544 e. The van der Waals surface area contributed by atoms with E-state index in [9.17, 15) is 0 Å². The maximum absolute atomic E-state index is 5.61. The molecule has 2 nitrogen and oxygen atoms in total. The van der Waals surface area contributed by atoms with Crippen molar-refractivity contribution in [1.29, 1.82) is 0 Å². The van der Waals surface area contributed by atoms with Crippen LogP contribution < -0.4 is 0 Å². The fourth-order valence-corrected chi connectivity index (χ4v) is 2.01. The fourth-order valence-electron chi connectivity index (χ4n) is 2.01. The topological polar surface area (TPSA) is 18.5 Å². The van der Waals surface area contributed by atoms with E-state index in [2.05, 4.69) is 34.6 Å². The first kappa shape index (κ1) is 14.9. The van der Waals surface area contributed by atoms with Crippen LogP contribution in [0.25, 0.3) is 0 Å². The highest BCUT2D eigenvalue weighted by molar-refractivity contribution is 4.79. The maximum atomic E-state index is 5.61. The van der Waals surface area contributed by atoms with Crippen molar-refractivity contribution in [2.75, 3.05) is 26.4 Å². The Kier molecular flexibility index (Phi) is 8.07. The molecule has 0 aliphatic heterocycles. The molecule has 15 heavy (non-hydrogen) atoms. The van der Waals surface area contributed by atoms with Gasteiger partial charge in [0.1, 0.15) is 0 Å². The first-order valence-corrected chi connectivity index (χ1v) is 6.25. The van der Waals surface area contributed by atoms with Crippen LogP contribution in [0.4, 0.5) is 0 Å². The van der Waals surface area contributed by atoms with Gasteiger partial charge in [-0.25, -0.2) is 0 Å². The Morgan fingerprint density at radius 1 is 0.933 bits per heavy atom. The van der Waals surface area contributed by atoms with Crippen LogP contribution >= 0.6 is 0 Å². The van der Waals surface area contributed by atoms with Crippen LogP contribution in [0.1, 0.15) is 47.5 Å². The average Bonchev–Trinajstić information content (AvgIpc) is 2.22.